The van der Waals surface area contributed by atoms with E-state index in [9.17, 15) is 9.59 Å². The third-order valence-corrected chi connectivity index (χ3v) is 2.12. The van der Waals surface area contributed by atoms with Gasteiger partial charge in [0.1, 0.15) is 6.04 Å². The molecule has 5 nitrogen and oxygen atoms in total. The third-order valence-electron chi connectivity index (χ3n) is 2.12. The van der Waals surface area contributed by atoms with Gasteiger partial charge in [-0.2, -0.15) is 0 Å². The zero-order valence-electron chi connectivity index (χ0n) is 9.91. The van der Waals surface area contributed by atoms with Crippen molar-refractivity contribution in [3.05, 3.63) is 0 Å². The van der Waals surface area contributed by atoms with E-state index in [1.54, 1.807) is 7.05 Å². The number of carbonyl (C=O) groups excluding carboxylic acids is 2. The molecule has 0 radical (unpaired) electrons. The molecule has 0 heterocycles. The van der Waals surface area contributed by atoms with Gasteiger partial charge >= 0.3 is 0 Å². The van der Waals surface area contributed by atoms with Crippen LogP contribution >= 0.6 is 12.4 Å². The summed E-state index contributed by atoms with van der Waals surface area (Å²) in [7, 11) is 1.57. The summed E-state index contributed by atoms with van der Waals surface area (Å²) in [5, 5.41) is 5.21. The second kappa shape index (κ2) is 10.7. The number of hydrogen-bond donors (Lipinski definition) is 3. The molecule has 0 saturated carbocycles. The Morgan fingerprint density at radius 2 is 2.00 bits per heavy atom. The van der Waals surface area contributed by atoms with Gasteiger partial charge in [0.05, 0.1) is 0 Å². The Kier molecular flexibility index (Phi) is 11.8. The summed E-state index contributed by atoms with van der Waals surface area (Å²) in [6.45, 7) is 2.35. The summed E-state index contributed by atoms with van der Waals surface area (Å²) < 4.78 is 0. The molecule has 0 fully saturated rings. The van der Waals surface area contributed by atoms with Crippen molar-refractivity contribution in [1.29, 1.82) is 0 Å². The van der Waals surface area contributed by atoms with E-state index in [2.05, 4.69) is 10.6 Å². The molecule has 0 aliphatic carbocycles. The van der Waals surface area contributed by atoms with Gasteiger partial charge in [0.2, 0.25) is 11.8 Å². The maximum atomic E-state index is 11.4. The lowest BCUT2D eigenvalue weighted by atomic mass is 10.1. The van der Waals surface area contributed by atoms with E-state index in [4.69, 9.17) is 5.73 Å². The Hall–Kier alpha value is -0.810. The van der Waals surface area contributed by atoms with Crippen LogP contribution in [-0.2, 0) is 9.59 Å². The Balaban J connectivity index is 0. The fraction of sp³-hybridized carbons (Fsp3) is 0.800. The first-order chi connectivity index (χ1) is 7.15. The Labute approximate surface area is 103 Å². The molecular weight excluding hydrogens is 230 g/mol. The number of likely N-dealkylation sites (N-methyl/N-ethyl adjacent to an activating group) is 1. The minimum atomic E-state index is -0.422. The summed E-state index contributed by atoms with van der Waals surface area (Å²) in [4.78, 5) is 22.7. The van der Waals surface area contributed by atoms with Crippen molar-refractivity contribution >= 4 is 24.2 Å². The number of carbonyl (C=O) groups is 2. The highest BCUT2D eigenvalue weighted by Gasteiger charge is 2.18. The second-order valence-corrected chi connectivity index (χ2v) is 3.42. The lowest BCUT2D eigenvalue weighted by Crippen LogP contribution is -2.46. The number of nitrogens with two attached hydrogens (primary N) is 1. The number of unbranched alkanes of at least 4 members (excludes halogenated alkanes) is 1. The van der Waals surface area contributed by atoms with Crippen LogP contribution in [-0.4, -0.2) is 31.4 Å². The maximum absolute atomic E-state index is 11.4. The van der Waals surface area contributed by atoms with Crippen LogP contribution < -0.4 is 16.4 Å². The molecule has 0 aromatic carbocycles. The molecular formula is C10H22ClN3O2. The zero-order chi connectivity index (χ0) is 11.7. The minimum Gasteiger partial charge on any atom is -0.357 e. The highest BCUT2D eigenvalue weighted by atomic mass is 35.5. The molecule has 0 bridgehead atoms. The van der Waals surface area contributed by atoms with E-state index in [0.717, 1.165) is 12.8 Å². The second-order valence-electron chi connectivity index (χ2n) is 3.42. The molecule has 6 heteroatoms. The Morgan fingerprint density at radius 3 is 2.44 bits per heavy atom. The molecule has 2 amide bonds. The molecule has 1 atom stereocenters. The summed E-state index contributed by atoms with van der Waals surface area (Å²) in [5.41, 5.74) is 5.25. The molecule has 0 aliphatic heterocycles. The number of hydrogen-bond acceptors (Lipinski definition) is 3. The van der Waals surface area contributed by atoms with Gasteiger partial charge < -0.3 is 16.4 Å². The van der Waals surface area contributed by atoms with E-state index in [1.165, 1.54) is 0 Å². The summed E-state index contributed by atoms with van der Waals surface area (Å²) >= 11 is 0. The van der Waals surface area contributed by atoms with Crippen molar-refractivity contribution in [3.8, 4) is 0 Å². The number of halogens is 1. The highest BCUT2D eigenvalue weighted by molar-refractivity contribution is 5.87. The lowest BCUT2D eigenvalue weighted by Gasteiger charge is -2.16. The fourth-order valence-corrected chi connectivity index (χ4v) is 1.25. The molecule has 0 aromatic rings. The van der Waals surface area contributed by atoms with Gasteiger partial charge in [0.15, 0.2) is 0 Å². The van der Waals surface area contributed by atoms with Crippen LogP contribution in [0.25, 0.3) is 0 Å². The fourth-order valence-electron chi connectivity index (χ4n) is 1.25. The van der Waals surface area contributed by atoms with E-state index in [1.807, 2.05) is 6.92 Å². The van der Waals surface area contributed by atoms with Crippen molar-refractivity contribution in [2.24, 2.45) is 5.73 Å². The first-order valence-electron chi connectivity index (χ1n) is 5.36. The predicted octanol–water partition coefficient (Wildman–Crippen LogP) is 0.178. The predicted molar refractivity (Wildman–Crippen MR) is 66.4 cm³/mol. The van der Waals surface area contributed by atoms with Crippen molar-refractivity contribution in [2.75, 3.05) is 13.6 Å². The first-order valence-corrected chi connectivity index (χ1v) is 5.36. The minimum absolute atomic E-state index is 0. The molecule has 4 N–H and O–H groups in total. The largest absolute Gasteiger partial charge is 0.357 e. The Bertz CT molecular complexity index is 212. The Morgan fingerprint density at radius 1 is 1.38 bits per heavy atom. The average molecular weight is 252 g/mol. The van der Waals surface area contributed by atoms with Gasteiger partial charge in [0, 0.05) is 20.0 Å². The summed E-state index contributed by atoms with van der Waals surface area (Å²) in [6.07, 6.45) is 2.85. The first kappa shape index (κ1) is 17.6. The number of amides is 2. The topological polar surface area (TPSA) is 84.2 Å². The van der Waals surface area contributed by atoms with E-state index >= 15 is 0 Å². The van der Waals surface area contributed by atoms with E-state index in [0.29, 0.717) is 13.0 Å². The lowest BCUT2D eigenvalue weighted by molar-refractivity contribution is -0.128. The monoisotopic (exact) mass is 251 g/mol. The molecule has 1 unspecified atom stereocenters. The van der Waals surface area contributed by atoms with Crippen LogP contribution in [0.15, 0.2) is 0 Å². The van der Waals surface area contributed by atoms with Gasteiger partial charge in [-0.3, -0.25) is 9.59 Å². The van der Waals surface area contributed by atoms with Crippen LogP contribution in [0.3, 0.4) is 0 Å². The quantitative estimate of drug-likeness (QED) is 0.604. The molecule has 0 saturated heterocycles. The van der Waals surface area contributed by atoms with Gasteiger partial charge in [-0.25, -0.2) is 0 Å². The van der Waals surface area contributed by atoms with Gasteiger partial charge in [0.25, 0.3) is 0 Å². The normalized spacial score (nSPS) is 11.2. The maximum Gasteiger partial charge on any atom is 0.242 e. The van der Waals surface area contributed by atoms with Gasteiger partial charge in [-0.05, 0) is 6.42 Å². The van der Waals surface area contributed by atoms with Crippen molar-refractivity contribution in [2.45, 2.75) is 38.6 Å². The molecule has 0 spiro atoms. The third kappa shape index (κ3) is 7.48. The zero-order valence-corrected chi connectivity index (χ0v) is 10.7. The molecule has 96 valence electrons. The number of rotatable bonds is 7. The molecule has 0 aromatic heterocycles. The SMILES string of the molecule is CCCCC(NC(=O)CCN)C(=O)NC.Cl. The highest BCUT2D eigenvalue weighted by Crippen LogP contribution is 2.01. The average Bonchev–Trinajstić information content (AvgIpc) is 2.23. The van der Waals surface area contributed by atoms with Crippen molar-refractivity contribution in [3.63, 3.8) is 0 Å². The number of nitrogens with one attached hydrogen (secondary N) is 2. The standard InChI is InChI=1S/C10H21N3O2.ClH/c1-3-4-5-8(10(15)12-2)13-9(14)6-7-11;/h8H,3-7,11H2,1-2H3,(H,12,15)(H,13,14);1H. The van der Waals surface area contributed by atoms with Crippen LogP contribution in [0.1, 0.15) is 32.6 Å². The van der Waals surface area contributed by atoms with Crippen LogP contribution in [0, 0.1) is 0 Å². The van der Waals surface area contributed by atoms with Crippen LogP contribution in [0.5, 0.6) is 0 Å². The molecule has 0 aliphatic rings. The van der Waals surface area contributed by atoms with Gasteiger partial charge in [-0.1, -0.05) is 19.8 Å². The van der Waals surface area contributed by atoms with E-state index in [-0.39, 0.29) is 30.6 Å². The molecule has 0 rings (SSSR count). The smallest absolute Gasteiger partial charge is 0.242 e. The molecule has 16 heavy (non-hydrogen) atoms. The van der Waals surface area contributed by atoms with Gasteiger partial charge in [-0.15, -0.1) is 12.4 Å². The summed E-state index contributed by atoms with van der Waals surface area (Å²) in [5.74, 6) is -0.309. The van der Waals surface area contributed by atoms with Crippen LogP contribution in [0.4, 0.5) is 0 Å². The summed E-state index contributed by atoms with van der Waals surface area (Å²) in [6, 6.07) is -0.422. The van der Waals surface area contributed by atoms with Crippen LogP contribution in [0.2, 0.25) is 0 Å². The van der Waals surface area contributed by atoms with Crippen molar-refractivity contribution < 1.29 is 9.59 Å². The van der Waals surface area contributed by atoms with E-state index < -0.39 is 6.04 Å². The van der Waals surface area contributed by atoms with Crippen molar-refractivity contribution in [1.82, 2.24) is 10.6 Å².